The van der Waals surface area contributed by atoms with Gasteiger partial charge in [0.05, 0.1) is 5.54 Å². The van der Waals surface area contributed by atoms with E-state index in [1.807, 2.05) is 25.1 Å². The van der Waals surface area contributed by atoms with Crippen LogP contribution in [0.15, 0.2) is 22.7 Å². The Kier molecular flexibility index (Phi) is 4.31. The van der Waals surface area contributed by atoms with E-state index >= 15 is 0 Å². The van der Waals surface area contributed by atoms with Crippen LogP contribution in [0.5, 0.6) is 0 Å². The molecular weight excluding hydrogens is 304 g/mol. The molecule has 0 bridgehead atoms. The minimum absolute atomic E-state index is 0.0587. The highest BCUT2D eigenvalue weighted by atomic mass is 79.9. The third-order valence-corrected chi connectivity index (χ3v) is 4.24. The van der Waals surface area contributed by atoms with Crippen LogP contribution in [0, 0.1) is 12.8 Å². The minimum atomic E-state index is -0.714. The lowest BCUT2D eigenvalue weighted by Gasteiger charge is -2.35. The van der Waals surface area contributed by atoms with E-state index in [0.717, 1.165) is 35.0 Å². The van der Waals surface area contributed by atoms with Crippen molar-refractivity contribution in [2.45, 2.75) is 45.1 Å². The molecule has 2 atom stereocenters. The summed E-state index contributed by atoms with van der Waals surface area (Å²) in [6.45, 7) is 4.17. The largest absolute Gasteiger partial charge is 0.324 e. The maximum Gasteiger partial charge on any atom is 0.244 e. The molecule has 0 aliphatic heterocycles. The Morgan fingerprint density at radius 3 is 2.84 bits per heavy atom. The van der Waals surface area contributed by atoms with E-state index in [-0.39, 0.29) is 5.91 Å². The first-order valence-electron chi connectivity index (χ1n) is 6.76. The Bertz CT molecular complexity index is 469. The summed E-state index contributed by atoms with van der Waals surface area (Å²) >= 11 is 3.44. The van der Waals surface area contributed by atoms with Crippen molar-refractivity contribution in [1.82, 2.24) is 0 Å². The van der Waals surface area contributed by atoms with Crippen LogP contribution in [0.4, 0.5) is 5.69 Å². The monoisotopic (exact) mass is 324 g/mol. The molecule has 1 fully saturated rings. The van der Waals surface area contributed by atoms with Gasteiger partial charge in [-0.25, -0.2) is 0 Å². The molecule has 1 saturated carbocycles. The molecule has 0 aromatic heterocycles. The Balaban J connectivity index is 2.11. The molecule has 0 heterocycles. The SMILES string of the molecule is Cc1cc(Br)cc(NC(=O)C2(N)CCCC(C)C2)c1. The first-order chi connectivity index (χ1) is 8.89. The number of halogens is 1. The quantitative estimate of drug-likeness (QED) is 0.873. The molecule has 2 unspecified atom stereocenters. The third kappa shape index (κ3) is 3.57. The van der Waals surface area contributed by atoms with E-state index < -0.39 is 5.54 Å². The first-order valence-corrected chi connectivity index (χ1v) is 7.56. The van der Waals surface area contributed by atoms with Gasteiger partial charge in [-0.2, -0.15) is 0 Å². The van der Waals surface area contributed by atoms with Crippen LogP contribution in [0.25, 0.3) is 0 Å². The van der Waals surface area contributed by atoms with Gasteiger partial charge in [-0.15, -0.1) is 0 Å². The van der Waals surface area contributed by atoms with Gasteiger partial charge in [0.15, 0.2) is 0 Å². The topological polar surface area (TPSA) is 55.1 Å². The highest BCUT2D eigenvalue weighted by Crippen LogP contribution is 2.31. The molecule has 19 heavy (non-hydrogen) atoms. The highest BCUT2D eigenvalue weighted by molar-refractivity contribution is 9.10. The Morgan fingerprint density at radius 2 is 2.21 bits per heavy atom. The number of hydrogen-bond acceptors (Lipinski definition) is 2. The lowest BCUT2D eigenvalue weighted by Crippen LogP contribution is -2.53. The van der Waals surface area contributed by atoms with Gasteiger partial charge in [-0.1, -0.05) is 35.7 Å². The molecule has 104 valence electrons. The zero-order valence-electron chi connectivity index (χ0n) is 11.5. The van der Waals surface area contributed by atoms with E-state index in [1.54, 1.807) is 0 Å². The van der Waals surface area contributed by atoms with Crippen LogP contribution in [-0.4, -0.2) is 11.4 Å². The molecule has 1 aliphatic carbocycles. The number of hydrogen-bond donors (Lipinski definition) is 2. The van der Waals surface area contributed by atoms with Crippen LogP contribution in [0.3, 0.4) is 0 Å². The average molecular weight is 325 g/mol. The van der Waals surface area contributed by atoms with E-state index in [9.17, 15) is 4.79 Å². The van der Waals surface area contributed by atoms with Gasteiger partial charge in [-0.05, 0) is 49.4 Å². The van der Waals surface area contributed by atoms with Crippen LogP contribution in [-0.2, 0) is 4.79 Å². The second kappa shape index (κ2) is 5.63. The normalized spacial score (nSPS) is 27.1. The number of nitrogens with two attached hydrogens (primary N) is 1. The maximum absolute atomic E-state index is 12.4. The number of nitrogens with one attached hydrogen (secondary N) is 1. The van der Waals surface area contributed by atoms with Crippen LogP contribution < -0.4 is 11.1 Å². The second-order valence-electron chi connectivity index (χ2n) is 5.83. The average Bonchev–Trinajstić information content (AvgIpc) is 2.26. The molecule has 3 N–H and O–H groups in total. The number of rotatable bonds is 2. The summed E-state index contributed by atoms with van der Waals surface area (Å²) in [5.41, 5.74) is 7.49. The van der Waals surface area contributed by atoms with Gasteiger partial charge in [0.25, 0.3) is 0 Å². The van der Waals surface area contributed by atoms with Crippen molar-refractivity contribution in [3.05, 3.63) is 28.2 Å². The molecule has 3 nitrogen and oxygen atoms in total. The lowest BCUT2D eigenvalue weighted by molar-refractivity contribution is -0.122. The zero-order valence-corrected chi connectivity index (χ0v) is 13.1. The van der Waals surface area contributed by atoms with Gasteiger partial charge in [0, 0.05) is 10.2 Å². The number of amides is 1. The third-order valence-electron chi connectivity index (χ3n) is 3.78. The predicted molar refractivity (Wildman–Crippen MR) is 82.1 cm³/mol. The second-order valence-corrected chi connectivity index (χ2v) is 6.74. The number of anilines is 1. The van der Waals surface area contributed by atoms with E-state index in [4.69, 9.17) is 5.73 Å². The van der Waals surface area contributed by atoms with Gasteiger partial charge in [0.2, 0.25) is 5.91 Å². The van der Waals surface area contributed by atoms with E-state index in [0.29, 0.717) is 5.92 Å². The fraction of sp³-hybridized carbons (Fsp3) is 0.533. The fourth-order valence-corrected chi connectivity index (χ4v) is 3.47. The van der Waals surface area contributed by atoms with Crippen molar-refractivity contribution in [3.8, 4) is 0 Å². The van der Waals surface area contributed by atoms with Crippen LogP contribution >= 0.6 is 15.9 Å². The van der Waals surface area contributed by atoms with Crippen LogP contribution in [0.1, 0.15) is 38.2 Å². The number of carbonyl (C=O) groups excluding carboxylic acids is 1. The van der Waals surface area contributed by atoms with Gasteiger partial charge >= 0.3 is 0 Å². The van der Waals surface area contributed by atoms with Crippen molar-refractivity contribution in [2.24, 2.45) is 11.7 Å². The van der Waals surface area contributed by atoms with Gasteiger partial charge in [-0.3, -0.25) is 4.79 Å². The molecule has 4 heteroatoms. The Hall–Kier alpha value is -0.870. The van der Waals surface area contributed by atoms with Crippen molar-refractivity contribution in [2.75, 3.05) is 5.32 Å². The molecule has 0 radical (unpaired) electrons. The molecule has 1 aliphatic rings. The minimum Gasteiger partial charge on any atom is -0.324 e. The summed E-state index contributed by atoms with van der Waals surface area (Å²) in [6, 6.07) is 5.87. The summed E-state index contributed by atoms with van der Waals surface area (Å²) in [4.78, 5) is 12.4. The zero-order chi connectivity index (χ0) is 14.0. The molecule has 0 spiro atoms. The first kappa shape index (κ1) is 14.5. The maximum atomic E-state index is 12.4. The predicted octanol–water partition coefficient (Wildman–Crippen LogP) is 3.60. The van der Waals surface area contributed by atoms with Crippen molar-refractivity contribution in [3.63, 3.8) is 0 Å². The van der Waals surface area contributed by atoms with Crippen molar-refractivity contribution in [1.29, 1.82) is 0 Å². The fourth-order valence-electron chi connectivity index (χ4n) is 2.86. The summed E-state index contributed by atoms with van der Waals surface area (Å²) in [5, 5.41) is 2.96. The number of aryl methyl sites for hydroxylation is 1. The molecule has 0 saturated heterocycles. The van der Waals surface area contributed by atoms with Crippen molar-refractivity contribution < 1.29 is 4.79 Å². The molecule has 1 amide bonds. The smallest absolute Gasteiger partial charge is 0.244 e. The van der Waals surface area contributed by atoms with Crippen LogP contribution in [0.2, 0.25) is 0 Å². The Morgan fingerprint density at radius 1 is 1.47 bits per heavy atom. The molecule has 1 aromatic carbocycles. The molecule has 2 rings (SSSR count). The summed E-state index contributed by atoms with van der Waals surface area (Å²) in [5.74, 6) is 0.463. The molecular formula is C15H21BrN2O. The van der Waals surface area contributed by atoms with E-state index in [2.05, 4.69) is 28.2 Å². The van der Waals surface area contributed by atoms with Crippen molar-refractivity contribution >= 4 is 27.5 Å². The summed E-state index contributed by atoms with van der Waals surface area (Å²) in [7, 11) is 0. The highest BCUT2D eigenvalue weighted by Gasteiger charge is 2.37. The Labute approximate surface area is 123 Å². The molecule has 1 aromatic rings. The van der Waals surface area contributed by atoms with Gasteiger partial charge in [0.1, 0.15) is 0 Å². The standard InChI is InChI=1S/C15H21BrN2O/c1-10-4-3-5-15(17,9-10)14(19)18-13-7-11(2)6-12(16)8-13/h6-8,10H,3-5,9,17H2,1-2H3,(H,18,19). The summed E-state index contributed by atoms with van der Waals surface area (Å²) < 4.78 is 0.964. The summed E-state index contributed by atoms with van der Waals surface area (Å²) in [6.07, 6.45) is 3.74. The number of carbonyl (C=O) groups is 1. The van der Waals surface area contributed by atoms with Gasteiger partial charge < -0.3 is 11.1 Å². The lowest BCUT2D eigenvalue weighted by atomic mass is 9.76. The number of benzene rings is 1. The van der Waals surface area contributed by atoms with E-state index in [1.165, 1.54) is 6.42 Å².